The third kappa shape index (κ3) is 6.43. The Bertz CT molecular complexity index is 3710. The highest BCUT2D eigenvalue weighted by Gasteiger charge is 2.70. The fraction of sp³-hybridized carbons (Fsp3) is 0.277. The van der Waals surface area contributed by atoms with Gasteiger partial charge in [0, 0.05) is 52.3 Å². The summed E-state index contributed by atoms with van der Waals surface area (Å²) in [6.45, 7) is 10.3. The first-order chi connectivity index (χ1) is 36.5. The van der Waals surface area contributed by atoms with Gasteiger partial charge in [0.2, 0.25) is 5.69 Å². The molecule has 0 bridgehead atoms. The van der Waals surface area contributed by atoms with Crippen LogP contribution in [0.5, 0.6) is 5.75 Å². The topological polar surface area (TPSA) is 19.6 Å². The summed E-state index contributed by atoms with van der Waals surface area (Å²) in [6, 6.07) is 54.2. The van der Waals surface area contributed by atoms with Gasteiger partial charge in [0.1, 0.15) is 17.5 Å². The zero-order valence-corrected chi connectivity index (χ0v) is 40.9. The number of para-hydroxylation sites is 1. The fourth-order valence-corrected chi connectivity index (χ4v) is 11.3. The van der Waals surface area contributed by atoms with E-state index in [4.69, 9.17) is 17.1 Å². The molecule has 4 aliphatic heterocycles. The molecule has 2 atom stereocenters. The van der Waals surface area contributed by atoms with Gasteiger partial charge in [0.15, 0.2) is 6.20 Å². The van der Waals surface area contributed by atoms with Gasteiger partial charge >= 0.3 is 5.85 Å². The Hall–Kier alpha value is -6.91. The lowest BCUT2D eigenvalue weighted by Crippen LogP contribution is -2.71. The van der Waals surface area contributed by atoms with Crippen LogP contribution in [0.3, 0.4) is 0 Å². The van der Waals surface area contributed by atoms with Crippen LogP contribution in [0.4, 0.5) is 17.1 Å². The van der Waals surface area contributed by atoms with Gasteiger partial charge in [-0.1, -0.05) is 192 Å². The quantitative estimate of drug-likeness (QED) is 0.164. The van der Waals surface area contributed by atoms with E-state index in [9.17, 15) is 0 Å². The first-order valence-electron chi connectivity index (χ1n) is 28.7. The lowest BCUT2D eigenvalue weighted by atomic mass is 9.77. The third-order valence-electron chi connectivity index (χ3n) is 14.9. The average Bonchev–Trinajstić information content (AvgIpc) is 1.69. The number of ether oxygens (including phenoxy) is 1. The molecular weight excluding hydrogens is 839 g/mol. The SMILES string of the molecule is [2H]C([2H])([2H])C(c1ccc(-c2cc[n+]3c(c2)-c2cc(-c4ccccc4)cc4c2C32Oc3c(cc(C(C)(C)C)cc3C(C)(C)C)C3N(c5ccc(C(C)(C)C)cc5-c5ccccc5)c5cccc-4c5N32)cc1)(C([2H])([2H])[2H])C([2H])([2H])[2H]. The van der Waals surface area contributed by atoms with Crippen molar-refractivity contribution in [2.45, 2.75) is 117 Å². The van der Waals surface area contributed by atoms with Gasteiger partial charge in [-0.05, 0) is 103 Å². The molecule has 12 rings (SSSR count). The molecule has 69 heavy (non-hydrogen) atoms. The van der Waals surface area contributed by atoms with Crippen molar-refractivity contribution in [1.82, 2.24) is 0 Å². The van der Waals surface area contributed by atoms with Crippen LogP contribution in [0, 0.1) is 0 Å². The summed E-state index contributed by atoms with van der Waals surface area (Å²) in [6.07, 6.45) is 1.65. The second-order valence-corrected chi connectivity index (χ2v) is 22.6. The Morgan fingerprint density at radius 3 is 1.81 bits per heavy atom. The fourth-order valence-electron chi connectivity index (χ4n) is 11.3. The van der Waals surface area contributed by atoms with Gasteiger partial charge in [-0.3, -0.25) is 0 Å². The van der Waals surface area contributed by atoms with Crippen molar-refractivity contribution in [2.24, 2.45) is 0 Å². The smallest absolute Gasteiger partial charge is 0.410 e. The van der Waals surface area contributed by atoms with E-state index < -0.39 is 38.0 Å². The van der Waals surface area contributed by atoms with E-state index in [2.05, 4.69) is 204 Å². The highest BCUT2D eigenvalue weighted by molar-refractivity contribution is 6.03. The summed E-state index contributed by atoms with van der Waals surface area (Å²) in [4.78, 5) is 5.09. The van der Waals surface area contributed by atoms with Gasteiger partial charge in [-0.25, -0.2) is 4.90 Å². The summed E-state index contributed by atoms with van der Waals surface area (Å²) in [5.41, 5.74) is 14.4. The van der Waals surface area contributed by atoms with Crippen LogP contribution < -0.4 is 19.1 Å². The van der Waals surface area contributed by atoms with Crippen molar-refractivity contribution in [1.29, 1.82) is 0 Å². The summed E-state index contributed by atoms with van der Waals surface area (Å²) >= 11 is 0. The minimum atomic E-state index is -3.38. The van der Waals surface area contributed by atoms with Crippen molar-refractivity contribution < 1.29 is 21.6 Å². The van der Waals surface area contributed by atoms with Gasteiger partial charge in [0.25, 0.3) is 0 Å². The second-order valence-electron chi connectivity index (χ2n) is 22.6. The molecule has 0 fully saturated rings. The standard InChI is InChI=1S/C65H64N3O/c1-61(2,3)45-28-26-41(27-29-45)43-32-33-66-56(36-43)51-35-44(40-20-15-13-16-21-40)34-50-48-24-19-25-55-58(48)68-60(67(55)54-31-30-46(62(4,5)6)37-49(54)42-22-17-14-18-23-42)52-38-47(63(7,8)9)39-53(64(10,11)12)59(52)69-65(66,68)57(50)51/h13-39,60H,1-12H3/q+1/i1D3,2D3,3D3. The predicted molar refractivity (Wildman–Crippen MR) is 287 cm³/mol. The molecule has 7 aromatic carbocycles. The van der Waals surface area contributed by atoms with Crippen molar-refractivity contribution >= 4 is 17.1 Å². The van der Waals surface area contributed by atoms with Gasteiger partial charge in [0.05, 0.1) is 22.6 Å². The minimum absolute atomic E-state index is 0.122. The summed E-state index contributed by atoms with van der Waals surface area (Å²) < 4.78 is 86.0. The molecule has 2 unspecified atom stereocenters. The maximum Gasteiger partial charge on any atom is 0.432 e. The van der Waals surface area contributed by atoms with Gasteiger partial charge in [-0.2, -0.15) is 0 Å². The number of hydrogen-bond donors (Lipinski definition) is 0. The molecule has 0 N–H and O–H groups in total. The van der Waals surface area contributed by atoms with E-state index in [0.717, 1.165) is 89.7 Å². The number of rotatable bonds is 4. The Balaban J connectivity index is 1.17. The Labute approximate surface area is 422 Å². The molecule has 0 saturated heterocycles. The second kappa shape index (κ2) is 14.6. The van der Waals surface area contributed by atoms with E-state index in [-0.39, 0.29) is 21.8 Å². The van der Waals surface area contributed by atoms with Gasteiger partial charge in [-0.15, -0.1) is 4.57 Å². The van der Waals surface area contributed by atoms with Gasteiger partial charge < -0.3 is 9.64 Å². The van der Waals surface area contributed by atoms with Crippen LogP contribution in [0.1, 0.15) is 135 Å². The molecule has 8 aromatic rings. The third-order valence-corrected chi connectivity index (χ3v) is 14.9. The zero-order chi connectivity index (χ0) is 55.7. The molecule has 0 aliphatic carbocycles. The number of anilines is 3. The van der Waals surface area contributed by atoms with Crippen molar-refractivity contribution in [3.05, 3.63) is 197 Å². The molecule has 0 radical (unpaired) electrons. The first-order valence-corrected chi connectivity index (χ1v) is 24.2. The Kier molecular flexibility index (Phi) is 7.26. The number of pyridine rings is 1. The number of nitrogens with zero attached hydrogens (tertiary/aromatic N) is 3. The predicted octanol–water partition coefficient (Wildman–Crippen LogP) is 16.5. The number of fused-ring (bicyclic) bond motifs is 5. The normalized spacial score (nSPS) is 20.0. The van der Waals surface area contributed by atoms with E-state index in [1.54, 1.807) is 12.1 Å². The minimum Gasteiger partial charge on any atom is -0.410 e. The molecule has 4 aliphatic rings. The number of hydrogen-bond acceptors (Lipinski definition) is 3. The van der Waals surface area contributed by atoms with Crippen molar-refractivity contribution in [2.75, 3.05) is 9.80 Å². The lowest BCUT2D eigenvalue weighted by molar-refractivity contribution is -0.774. The van der Waals surface area contributed by atoms with E-state index >= 15 is 0 Å². The van der Waals surface area contributed by atoms with Crippen LogP contribution in [0.15, 0.2) is 164 Å². The monoisotopic (exact) mass is 912 g/mol. The van der Waals surface area contributed by atoms with Crippen LogP contribution >= 0.6 is 0 Å². The van der Waals surface area contributed by atoms with Crippen molar-refractivity contribution in [3.8, 4) is 61.5 Å². The molecule has 344 valence electrons. The average molecular weight is 912 g/mol. The summed E-state index contributed by atoms with van der Waals surface area (Å²) in [7, 11) is 0. The highest BCUT2D eigenvalue weighted by atomic mass is 16.5. The van der Waals surface area contributed by atoms with E-state index in [1.165, 1.54) is 23.3 Å². The number of benzene rings is 7. The summed E-state index contributed by atoms with van der Waals surface area (Å²) in [5.74, 6) is -0.455. The van der Waals surface area contributed by atoms with Crippen LogP contribution in [0.25, 0.3) is 55.8 Å². The molecule has 0 amide bonds. The molecule has 5 heterocycles. The van der Waals surface area contributed by atoms with E-state index in [0.29, 0.717) is 5.56 Å². The lowest BCUT2D eigenvalue weighted by Gasteiger charge is -2.49. The molecule has 4 heteroatoms. The highest BCUT2D eigenvalue weighted by Crippen LogP contribution is 2.68. The number of aromatic nitrogens is 1. The molecule has 1 spiro atoms. The largest absolute Gasteiger partial charge is 0.432 e. The maximum atomic E-state index is 8.40. The van der Waals surface area contributed by atoms with Crippen LogP contribution in [0.2, 0.25) is 0 Å². The first kappa shape index (κ1) is 34.4. The zero-order valence-electron chi connectivity index (χ0n) is 49.9. The van der Waals surface area contributed by atoms with Crippen LogP contribution in [-0.2, 0) is 27.5 Å². The van der Waals surface area contributed by atoms with E-state index in [1.807, 2.05) is 12.1 Å². The Morgan fingerprint density at radius 2 is 1.14 bits per heavy atom. The molecule has 1 aromatic heterocycles. The molecule has 0 saturated carbocycles. The molecule has 4 nitrogen and oxygen atoms in total. The Morgan fingerprint density at radius 1 is 0.493 bits per heavy atom. The summed E-state index contributed by atoms with van der Waals surface area (Å²) in [5, 5.41) is 0. The molecular formula is C65H64N3O+. The maximum absolute atomic E-state index is 8.40. The van der Waals surface area contributed by atoms with Crippen molar-refractivity contribution in [3.63, 3.8) is 0 Å². The van der Waals surface area contributed by atoms with Crippen LogP contribution in [-0.4, -0.2) is 0 Å².